The summed E-state index contributed by atoms with van der Waals surface area (Å²) in [6.45, 7) is 50.3. The van der Waals surface area contributed by atoms with Gasteiger partial charge in [-0.15, -0.1) is 0 Å². The second kappa shape index (κ2) is 28.4. The van der Waals surface area contributed by atoms with Crippen LogP contribution in [0.1, 0.15) is 135 Å². The molecule has 394 valence electrons. The molecule has 66 heavy (non-hydrogen) atoms. The summed E-state index contributed by atoms with van der Waals surface area (Å²) in [5, 5.41) is 0.183. The third kappa shape index (κ3) is 24.5. The van der Waals surface area contributed by atoms with Crippen LogP contribution in [0.4, 0.5) is 0 Å². The van der Waals surface area contributed by atoms with Crippen LogP contribution in [-0.4, -0.2) is 136 Å². The van der Waals surface area contributed by atoms with Gasteiger partial charge >= 0.3 is 11.9 Å². The van der Waals surface area contributed by atoms with Gasteiger partial charge in [0, 0.05) is 25.7 Å². The minimum Gasteiger partial charge on any atom is -0.457 e. The molecule has 0 bridgehead atoms. The summed E-state index contributed by atoms with van der Waals surface area (Å²) in [5.41, 5.74) is -1.70. The lowest BCUT2D eigenvalue weighted by Crippen LogP contribution is -2.43. The van der Waals surface area contributed by atoms with E-state index < -0.39 is 56.4 Å². The van der Waals surface area contributed by atoms with Crippen LogP contribution in [0.15, 0.2) is 0 Å². The maximum absolute atomic E-state index is 13.2. The van der Waals surface area contributed by atoms with Crippen LogP contribution >= 0.6 is 0 Å². The molecule has 0 spiro atoms. The van der Waals surface area contributed by atoms with E-state index in [2.05, 4.69) is 135 Å². The minimum atomic E-state index is -2.15. The number of carbonyl (C=O) groups is 2. The van der Waals surface area contributed by atoms with Crippen LogP contribution in [0.5, 0.6) is 0 Å². The molecule has 0 rings (SSSR count). The molecule has 0 aromatic rings. The Bertz CT molecular complexity index is 1290. The van der Waals surface area contributed by atoms with Crippen molar-refractivity contribution >= 4 is 45.2 Å². The normalized spacial score (nSPS) is 14.2. The third-order valence-corrected chi connectivity index (χ3v) is 32.0. The van der Waals surface area contributed by atoms with E-state index in [1.54, 1.807) is 0 Å². The van der Waals surface area contributed by atoms with E-state index in [-0.39, 0.29) is 59.8 Å². The monoisotopic (exact) mass is 1010 g/mol. The molecule has 0 atom stereocenters. The molecule has 18 heteroatoms. The summed E-state index contributed by atoms with van der Waals surface area (Å²) in [6, 6.07) is 0. The second-order valence-electron chi connectivity index (χ2n) is 23.9. The van der Waals surface area contributed by atoms with Crippen molar-refractivity contribution in [2.45, 2.75) is 219 Å². The predicted octanol–water partition coefficient (Wildman–Crippen LogP) is 11.9. The zero-order valence-corrected chi connectivity index (χ0v) is 50.4. The van der Waals surface area contributed by atoms with Gasteiger partial charge in [-0.05, 0) is 85.4 Å². The molecule has 0 radical (unpaired) electrons. The summed E-state index contributed by atoms with van der Waals surface area (Å²) in [4.78, 5) is 38.0. The lowest BCUT2D eigenvalue weighted by Gasteiger charge is -2.36. The van der Waals surface area contributed by atoms with E-state index in [9.17, 15) is 9.59 Å². The minimum absolute atomic E-state index is 0.0236. The lowest BCUT2D eigenvalue weighted by atomic mass is 9.92. The average molecular weight is 1020 g/mol. The molecule has 0 unspecified atom stereocenters. The van der Waals surface area contributed by atoms with Gasteiger partial charge in [0.05, 0.1) is 66.1 Å². The summed E-state index contributed by atoms with van der Waals surface area (Å²) in [7, 11) is -8.07. The maximum atomic E-state index is 13.2. The highest BCUT2D eigenvalue weighted by molar-refractivity contribution is 6.75. The molecular weight excluding hydrogens is 913 g/mol. The van der Waals surface area contributed by atoms with Crippen molar-refractivity contribution in [3.8, 4) is 0 Å². The molecule has 14 nitrogen and oxygen atoms in total. The van der Waals surface area contributed by atoms with Crippen LogP contribution in [0.2, 0.25) is 72.5 Å². The van der Waals surface area contributed by atoms with Gasteiger partial charge in [0.25, 0.3) is 0 Å². The van der Waals surface area contributed by atoms with Crippen LogP contribution < -0.4 is 0 Å². The predicted molar refractivity (Wildman–Crippen MR) is 275 cm³/mol. The first-order chi connectivity index (χ1) is 29.9. The van der Waals surface area contributed by atoms with Crippen molar-refractivity contribution in [1.82, 2.24) is 0 Å². The first-order valence-corrected chi connectivity index (χ1v) is 36.2. The summed E-state index contributed by atoms with van der Waals surface area (Å²) < 4.78 is 60.1. The number of rotatable bonds is 35. The maximum Gasteiger partial charge on any atom is 0.332 e. The van der Waals surface area contributed by atoms with E-state index in [0.29, 0.717) is 78.2 Å². The largest absolute Gasteiger partial charge is 0.457 e. The van der Waals surface area contributed by atoms with E-state index in [4.69, 9.17) is 56.2 Å². The van der Waals surface area contributed by atoms with Crippen molar-refractivity contribution in [1.29, 1.82) is 0 Å². The first kappa shape index (κ1) is 65.4. The first-order valence-electron chi connectivity index (χ1n) is 24.6. The Labute approximate surface area is 407 Å². The van der Waals surface area contributed by atoms with E-state index >= 15 is 0 Å². The Kier molecular flexibility index (Phi) is 28.2. The van der Waals surface area contributed by atoms with E-state index in [1.165, 1.54) is 0 Å². The Morgan fingerprint density at radius 3 is 0.909 bits per heavy atom. The Balaban J connectivity index is 5.40. The number of esters is 2. The van der Waals surface area contributed by atoms with Crippen LogP contribution in [0.3, 0.4) is 0 Å². The van der Waals surface area contributed by atoms with Crippen LogP contribution in [0.25, 0.3) is 0 Å². The van der Waals surface area contributed by atoms with Crippen molar-refractivity contribution in [3.63, 3.8) is 0 Å². The van der Waals surface area contributed by atoms with Gasteiger partial charge in [-0.1, -0.05) is 96.9 Å². The summed E-state index contributed by atoms with van der Waals surface area (Å²) in [6.07, 6.45) is 2.87. The molecule has 0 N–H and O–H groups in total. The quantitative estimate of drug-likeness (QED) is 0.0195. The van der Waals surface area contributed by atoms with Crippen LogP contribution in [0, 0.1) is 0 Å². The fourth-order valence-electron chi connectivity index (χ4n) is 5.22. The van der Waals surface area contributed by atoms with E-state index in [0.717, 1.165) is 0 Å². The van der Waals surface area contributed by atoms with Gasteiger partial charge in [-0.2, -0.15) is 0 Å². The highest BCUT2D eigenvalue weighted by atomic mass is 28.4. The summed E-state index contributed by atoms with van der Waals surface area (Å²) in [5.74, 6) is -1.02. The SMILES string of the molecule is CCC(CCOCCO[Si](C)(C)C(C)(C)C)(CCOCCO[Si](C)(C)C(C)(C)C)OC(=O)COCCOCC(=O)OC(CC)(CCOO[Si](C)(C)C(C)(C)C)CCOO[Si](C)(C)C(C)(C)C. The van der Waals surface area contributed by atoms with Gasteiger partial charge < -0.3 is 37.3 Å². The van der Waals surface area contributed by atoms with Crippen molar-refractivity contribution in [3.05, 3.63) is 0 Å². The Hall–Kier alpha value is -0.592. The smallest absolute Gasteiger partial charge is 0.332 e. The Morgan fingerprint density at radius 1 is 0.364 bits per heavy atom. The van der Waals surface area contributed by atoms with Crippen molar-refractivity contribution in [2.24, 2.45) is 0 Å². The van der Waals surface area contributed by atoms with Gasteiger partial charge in [-0.25, -0.2) is 19.4 Å². The van der Waals surface area contributed by atoms with E-state index in [1.807, 2.05) is 13.8 Å². The van der Waals surface area contributed by atoms with Crippen molar-refractivity contribution in [2.75, 3.05) is 79.3 Å². The standard InChI is InChI=1S/C48H102O14Si4/c1-23-47(25-29-51-35-37-57-63(15,16)43(3,4)5,26-30-52-36-38-58-64(17,18)44(6,7)8)59-41(49)39-53-33-34-54-40-42(50)60-48(24-2,27-31-55-61-65(19,20)45(9,10)11)28-32-56-62-66(21,22)46(12,13)14/h23-40H2,1-22H3. The fourth-order valence-corrected chi connectivity index (χ4v) is 8.53. The van der Waals surface area contributed by atoms with Crippen LogP contribution in [-0.2, 0) is 65.8 Å². The topological polar surface area (TPSA) is 145 Å². The average Bonchev–Trinajstić information content (AvgIpc) is 3.17. The number of ether oxygens (including phenoxy) is 6. The zero-order chi connectivity index (χ0) is 51.4. The lowest BCUT2D eigenvalue weighted by molar-refractivity contribution is -0.243. The molecule has 0 aromatic heterocycles. The summed E-state index contributed by atoms with van der Waals surface area (Å²) >= 11 is 0. The molecule has 0 aliphatic heterocycles. The van der Waals surface area contributed by atoms with Gasteiger partial charge in [-0.3, -0.25) is 9.15 Å². The number of hydrogen-bond acceptors (Lipinski definition) is 14. The zero-order valence-electron chi connectivity index (χ0n) is 46.4. The van der Waals surface area contributed by atoms with Gasteiger partial charge in [0.2, 0.25) is 16.6 Å². The highest BCUT2D eigenvalue weighted by Crippen LogP contribution is 2.39. The molecule has 0 fully saturated rings. The third-order valence-electron chi connectivity index (χ3n) is 14.6. The molecule has 0 saturated heterocycles. The second-order valence-corrected chi connectivity index (χ2v) is 42.9. The molecule has 0 aliphatic carbocycles. The molecule has 0 aromatic carbocycles. The van der Waals surface area contributed by atoms with Gasteiger partial charge in [0.1, 0.15) is 24.4 Å². The molecule has 0 amide bonds. The van der Waals surface area contributed by atoms with Gasteiger partial charge in [0.15, 0.2) is 16.6 Å². The number of carbonyl (C=O) groups excluding carboxylic acids is 2. The molecule has 0 heterocycles. The molecule has 0 saturated carbocycles. The number of hydrogen-bond donors (Lipinski definition) is 0. The van der Waals surface area contributed by atoms with Crippen molar-refractivity contribution < 1.29 is 65.8 Å². The Morgan fingerprint density at radius 2 is 0.636 bits per heavy atom. The highest BCUT2D eigenvalue weighted by Gasteiger charge is 2.42. The molecule has 0 aliphatic rings. The molecular formula is C48H102O14Si4. The fraction of sp³-hybridized carbons (Fsp3) is 0.958.